The fraction of sp³-hybridized carbons (Fsp3) is 0.160. The Kier molecular flexibility index (Phi) is 5.47. The van der Waals surface area contributed by atoms with Crippen molar-refractivity contribution in [3.8, 4) is 22.6 Å². The van der Waals surface area contributed by atoms with E-state index in [1.165, 1.54) is 0 Å². The molecule has 160 valence electrons. The summed E-state index contributed by atoms with van der Waals surface area (Å²) in [7, 11) is 0. The molecular weight excluding hydrogens is 422 g/mol. The van der Waals surface area contributed by atoms with Crippen molar-refractivity contribution < 1.29 is 0 Å². The first-order valence-electron chi connectivity index (χ1n) is 10.5. The molecule has 0 spiro atoms. The number of fused-ring (bicyclic) bond motifs is 1. The Hall–Kier alpha value is -3.48. The third kappa shape index (κ3) is 4.28. The third-order valence-corrected chi connectivity index (χ3v) is 5.95. The Morgan fingerprint density at radius 3 is 2.47 bits per heavy atom. The largest absolute Gasteiger partial charge is 0.399 e. The van der Waals surface area contributed by atoms with Gasteiger partial charge in [-0.05, 0) is 48.0 Å². The van der Waals surface area contributed by atoms with Crippen LogP contribution in [0.15, 0.2) is 71.7 Å². The van der Waals surface area contributed by atoms with Gasteiger partial charge in [0.05, 0.1) is 17.0 Å². The molecule has 3 N–H and O–H groups in total. The summed E-state index contributed by atoms with van der Waals surface area (Å²) in [6.07, 6.45) is 2.63. The molecule has 0 radical (unpaired) electrons. The lowest BCUT2D eigenvalue weighted by atomic mass is 10.1. The minimum Gasteiger partial charge on any atom is -0.399 e. The van der Waals surface area contributed by atoms with Crippen molar-refractivity contribution in [2.24, 2.45) is 0 Å². The molecule has 0 bridgehead atoms. The van der Waals surface area contributed by atoms with Gasteiger partial charge in [-0.1, -0.05) is 29.8 Å². The first-order valence-corrected chi connectivity index (χ1v) is 10.8. The molecule has 0 fully saturated rings. The molecule has 0 aliphatic carbocycles. The molecule has 5 rings (SSSR count). The van der Waals surface area contributed by atoms with Crippen LogP contribution >= 0.6 is 11.6 Å². The van der Waals surface area contributed by atoms with Gasteiger partial charge in [0.25, 0.3) is 5.56 Å². The molecule has 4 aromatic rings. The Bertz CT molecular complexity index is 1300. The van der Waals surface area contributed by atoms with E-state index in [4.69, 9.17) is 22.3 Å². The van der Waals surface area contributed by atoms with Gasteiger partial charge in [0.1, 0.15) is 5.82 Å². The van der Waals surface area contributed by atoms with Crippen LogP contribution < -0.4 is 11.3 Å². The van der Waals surface area contributed by atoms with Gasteiger partial charge in [0, 0.05) is 54.1 Å². The molecule has 32 heavy (non-hydrogen) atoms. The highest BCUT2D eigenvalue weighted by Gasteiger charge is 2.21. The van der Waals surface area contributed by atoms with Crippen molar-refractivity contribution in [2.75, 3.05) is 12.3 Å². The number of pyridine rings is 1. The van der Waals surface area contributed by atoms with Gasteiger partial charge in [0.15, 0.2) is 0 Å². The summed E-state index contributed by atoms with van der Waals surface area (Å²) >= 11 is 5.97. The molecule has 7 heteroatoms. The number of H-pyrrole nitrogens is 1. The predicted octanol–water partition coefficient (Wildman–Crippen LogP) is 4.29. The number of rotatable bonds is 4. The van der Waals surface area contributed by atoms with Crippen molar-refractivity contribution in [2.45, 2.75) is 19.5 Å². The molecule has 0 unspecified atom stereocenters. The second kappa shape index (κ2) is 8.57. The SMILES string of the molecule is Nc1ccc(-c2nc3c(c(=O)[nH]2)CN(Cc2ccc(-c4ccc(Cl)cc4)nc2)CC3)cc1. The van der Waals surface area contributed by atoms with Crippen LogP contribution in [0.5, 0.6) is 0 Å². The number of nitrogens with one attached hydrogen (secondary N) is 1. The molecule has 0 atom stereocenters. The standard InChI is InChI=1S/C25H22ClN5O/c26-19-6-2-17(3-7-19)22-10-1-16(13-28-22)14-31-12-11-23-21(15-31)25(32)30-24(29-23)18-4-8-20(27)9-5-18/h1-10,13H,11-12,14-15,27H2,(H,29,30,32). The van der Waals surface area contributed by atoms with Crippen LogP contribution in [0.25, 0.3) is 22.6 Å². The van der Waals surface area contributed by atoms with Crippen molar-refractivity contribution in [1.82, 2.24) is 19.9 Å². The second-order valence-corrected chi connectivity index (χ2v) is 8.42. The Labute approximate surface area is 190 Å². The summed E-state index contributed by atoms with van der Waals surface area (Å²) in [5.41, 5.74) is 11.9. The summed E-state index contributed by atoms with van der Waals surface area (Å²) < 4.78 is 0. The van der Waals surface area contributed by atoms with Crippen LogP contribution in [0.3, 0.4) is 0 Å². The number of hydrogen-bond donors (Lipinski definition) is 2. The first kappa shape index (κ1) is 20.4. The molecule has 3 heterocycles. The number of nitrogen functional groups attached to an aromatic ring is 1. The van der Waals surface area contributed by atoms with Gasteiger partial charge in [-0.2, -0.15) is 0 Å². The monoisotopic (exact) mass is 443 g/mol. The summed E-state index contributed by atoms with van der Waals surface area (Å²) in [5.74, 6) is 0.587. The van der Waals surface area contributed by atoms with E-state index in [0.29, 0.717) is 23.1 Å². The van der Waals surface area contributed by atoms with Crippen LogP contribution in [-0.2, 0) is 19.5 Å². The fourth-order valence-electron chi connectivity index (χ4n) is 3.96. The fourth-order valence-corrected chi connectivity index (χ4v) is 4.09. The molecule has 0 saturated carbocycles. The minimum absolute atomic E-state index is 0.0808. The van der Waals surface area contributed by atoms with Crippen LogP contribution in [0.4, 0.5) is 5.69 Å². The lowest BCUT2D eigenvalue weighted by Gasteiger charge is -2.27. The average molecular weight is 444 g/mol. The number of benzene rings is 2. The predicted molar refractivity (Wildman–Crippen MR) is 127 cm³/mol. The number of aromatic amines is 1. The molecule has 0 saturated heterocycles. The third-order valence-electron chi connectivity index (χ3n) is 5.70. The van der Waals surface area contributed by atoms with Crippen molar-refractivity contribution in [3.63, 3.8) is 0 Å². The van der Waals surface area contributed by atoms with E-state index in [-0.39, 0.29) is 5.56 Å². The van der Waals surface area contributed by atoms with Crippen molar-refractivity contribution in [1.29, 1.82) is 0 Å². The second-order valence-electron chi connectivity index (χ2n) is 7.98. The van der Waals surface area contributed by atoms with E-state index in [0.717, 1.165) is 53.2 Å². The highest BCUT2D eigenvalue weighted by atomic mass is 35.5. The molecule has 0 amide bonds. The number of aromatic nitrogens is 3. The summed E-state index contributed by atoms with van der Waals surface area (Å²) in [4.78, 5) is 27.3. The van der Waals surface area contributed by atoms with Gasteiger partial charge in [-0.25, -0.2) is 4.98 Å². The average Bonchev–Trinajstić information content (AvgIpc) is 2.81. The normalized spacial score (nSPS) is 13.7. The van der Waals surface area contributed by atoms with Gasteiger partial charge in [-0.3, -0.25) is 14.7 Å². The van der Waals surface area contributed by atoms with Crippen LogP contribution in [0.2, 0.25) is 5.02 Å². The number of anilines is 1. The van der Waals surface area contributed by atoms with E-state index >= 15 is 0 Å². The van der Waals surface area contributed by atoms with E-state index in [1.807, 2.05) is 60.8 Å². The highest BCUT2D eigenvalue weighted by molar-refractivity contribution is 6.30. The van der Waals surface area contributed by atoms with E-state index in [9.17, 15) is 4.79 Å². The molecular formula is C25H22ClN5O. The van der Waals surface area contributed by atoms with Crippen molar-refractivity contribution in [3.05, 3.63) is 99.1 Å². The maximum absolute atomic E-state index is 12.8. The Morgan fingerprint density at radius 2 is 1.75 bits per heavy atom. The maximum Gasteiger partial charge on any atom is 0.255 e. The van der Waals surface area contributed by atoms with E-state index in [1.54, 1.807) is 0 Å². The zero-order valence-corrected chi connectivity index (χ0v) is 18.1. The lowest BCUT2D eigenvalue weighted by Crippen LogP contribution is -2.35. The summed E-state index contributed by atoms with van der Waals surface area (Å²) in [6, 6.07) is 19.1. The van der Waals surface area contributed by atoms with E-state index in [2.05, 4.69) is 20.9 Å². The van der Waals surface area contributed by atoms with Gasteiger partial charge in [-0.15, -0.1) is 0 Å². The number of nitrogens with zero attached hydrogens (tertiary/aromatic N) is 3. The van der Waals surface area contributed by atoms with Crippen LogP contribution in [-0.4, -0.2) is 26.4 Å². The maximum atomic E-state index is 12.8. The molecule has 2 aromatic carbocycles. The van der Waals surface area contributed by atoms with Crippen LogP contribution in [0.1, 0.15) is 16.8 Å². The van der Waals surface area contributed by atoms with Gasteiger partial charge < -0.3 is 10.7 Å². The lowest BCUT2D eigenvalue weighted by molar-refractivity contribution is 0.241. The Morgan fingerprint density at radius 1 is 1.00 bits per heavy atom. The smallest absolute Gasteiger partial charge is 0.255 e. The topological polar surface area (TPSA) is 87.9 Å². The van der Waals surface area contributed by atoms with Crippen LogP contribution in [0, 0.1) is 0 Å². The quantitative estimate of drug-likeness (QED) is 0.459. The molecule has 1 aliphatic heterocycles. The first-order chi connectivity index (χ1) is 15.5. The van der Waals surface area contributed by atoms with Crippen molar-refractivity contribution >= 4 is 17.3 Å². The zero-order valence-electron chi connectivity index (χ0n) is 17.4. The zero-order chi connectivity index (χ0) is 22.1. The highest BCUT2D eigenvalue weighted by Crippen LogP contribution is 2.22. The number of halogens is 1. The minimum atomic E-state index is -0.0808. The number of nitrogens with two attached hydrogens (primary N) is 1. The molecule has 2 aromatic heterocycles. The molecule has 1 aliphatic rings. The van der Waals surface area contributed by atoms with Gasteiger partial charge in [0.2, 0.25) is 0 Å². The summed E-state index contributed by atoms with van der Waals surface area (Å²) in [5, 5.41) is 0.709. The summed E-state index contributed by atoms with van der Waals surface area (Å²) in [6.45, 7) is 2.13. The number of hydrogen-bond acceptors (Lipinski definition) is 5. The van der Waals surface area contributed by atoms with E-state index < -0.39 is 0 Å². The van der Waals surface area contributed by atoms with Gasteiger partial charge >= 0.3 is 0 Å². The Balaban J connectivity index is 1.30. The molecule has 6 nitrogen and oxygen atoms in total.